The number of aromatic hydroxyl groups is 2. The molecule has 0 amide bonds. The van der Waals surface area contributed by atoms with Gasteiger partial charge in [-0.05, 0) is 73.8 Å². The third-order valence-electron chi connectivity index (χ3n) is 7.34. The SMILES string of the molecule is C=C(C)C1CCC(CO)=CC1c1c(O)cc(C(C)(C)CCCCN2CCOCC2)cc1O. The van der Waals surface area contributed by atoms with E-state index in [0.717, 1.165) is 81.7 Å². The molecule has 0 bridgehead atoms. The Labute approximate surface area is 193 Å². The molecule has 5 heteroatoms. The lowest BCUT2D eigenvalue weighted by molar-refractivity contribution is 0.0370. The van der Waals surface area contributed by atoms with Gasteiger partial charge < -0.3 is 20.1 Å². The van der Waals surface area contributed by atoms with Gasteiger partial charge in [0.05, 0.1) is 19.8 Å². The summed E-state index contributed by atoms with van der Waals surface area (Å²) in [6.45, 7) is 15.3. The van der Waals surface area contributed by atoms with Crippen LogP contribution in [0.25, 0.3) is 0 Å². The molecule has 2 aliphatic rings. The van der Waals surface area contributed by atoms with Crippen molar-refractivity contribution in [2.75, 3.05) is 39.5 Å². The minimum Gasteiger partial charge on any atom is -0.507 e. The molecule has 0 radical (unpaired) electrons. The van der Waals surface area contributed by atoms with Gasteiger partial charge in [-0.2, -0.15) is 0 Å². The molecule has 0 spiro atoms. The van der Waals surface area contributed by atoms with Crippen LogP contribution in [0.2, 0.25) is 0 Å². The molecule has 1 aromatic carbocycles. The van der Waals surface area contributed by atoms with Gasteiger partial charge in [0.25, 0.3) is 0 Å². The van der Waals surface area contributed by atoms with Gasteiger partial charge in [0.15, 0.2) is 0 Å². The second kappa shape index (κ2) is 10.9. The van der Waals surface area contributed by atoms with Gasteiger partial charge in [-0.15, -0.1) is 0 Å². The van der Waals surface area contributed by atoms with Crippen LogP contribution in [-0.2, 0) is 10.2 Å². The van der Waals surface area contributed by atoms with Gasteiger partial charge in [0.1, 0.15) is 11.5 Å². The van der Waals surface area contributed by atoms with Crippen molar-refractivity contribution in [2.45, 2.75) is 64.2 Å². The second-order valence-electron chi connectivity index (χ2n) is 10.2. The van der Waals surface area contributed by atoms with Crippen molar-refractivity contribution in [3.8, 4) is 11.5 Å². The van der Waals surface area contributed by atoms with Crippen LogP contribution in [0.1, 0.15) is 69.9 Å². The number of hydrogen-bond acceptors (Lipinski definition) is 5. The summed E-state index contributed by atoms with van der Waals surface area (Å²) in [4.78, 5) is 2.46. The van der Waals surface area contributed by atoms with E-state index >= 15 is 0 Å². The Kier molecular flexibility index (Phi) is 8.43. The van der Waals surface area contributed by atoms with Gasteiger partial charge in [-0.25, -0.2) is 0 Å². The number of ether oxygens (including phenoxy) is 1. The Bertz CT molecular complexity index is 800. The van der Waals surface area contributed by atoms with Crippen LogP contribution in [-0.4, -0.2) is 59.7 Å². The number of phenols is 2. The highest BCUT2D eigenvalue weighted by atomic mass is 16.5. The van der Waals surface area contributed by atoms with Crippen molar-refractivity contribution in [1.29, 1.82) is 0 Å². The topological polar surface area (TPSA) is 73.2 Å². The van der Waals surface area contributed by atoms with Crippen LogP contribution in [0.5, 0.6) is 11.5 Å². The summed E-state index contributed by atoms with van der Waals surface area (Å²) in [5, 5.41) is 31.6. The summed E-state index contributed by atoms with van der Waals surface area (Å²) < 4.78 is 5.42. The zero-order valence-electron chi connectivity index (χ0n) is 20.1. The minimum atomic E-state index is -0.172. The maximum absolute atomic E-state index is 11.0. The minimum absolute atomic E-state index is 0.0104. The van der Waals surface area contributed by atoms with Gasteiger partial charge >= 0.3 is 0 Å². The molecule has 178 valence electrons. The number of benzene rings is 1. The number of aliphatic hydroxyl groups is 1. The number of rotatable bonds is 9. The quantitative estimate of drug-likeness (QED) is 0.375. The molecule has 1 heterocycles. The lowest BCUT2D eigenvalue weighted by Gasteiger charge is -2.33. The maximum atomic E-state index is 11.0. The van der Waals surface area contributed by atoms with E-state index in [-0.39, 0.29) is 35.4 Å². The Hall–Kier alpha value is -1.82. The molecule has 32 heavy (non-hydrogen) atoms. The van der Waals surface area contributed by atoms with Gasteiger partial charge in [-0.1, -0.05) is 38.5 Å². The van der Waals surface area contributed by atoms with Gasteiger partial charge in [0, 0.05) is 24.6 Å². The zero-order valence-corrected chi connectivity index (χ0v) is 20.1. The molecule has 1 aliphatic heterocycles. The maximum Gasteiger partial charge on any atom is 0.123 e. The first-order valence-electron chi connectivity index (χ1n) is 12.0. The fourth-order valence-corrected chi connectivity index (χ4v) is 5.17. The predicted octanol–water partition coefficient (Wildman–Crippen LogP) is 4.87. The standard InChI is InChI=1S/C27H41NO4/c1-19(2)22-8-7-20(18-29)15-23(22)26-24(30)16-21(17-25(26)31)27(3,4)9-5-6-10-28-11-13-32-14-12-28/h15-17,22-23,29-31H,1,5-14,18H2,2-4H3. The van der Waals surface area contributed by atoms with E-state index in [2.05, 4.69) is 25.3 Å². The summed E-state index contributed by atoms with van der Waals surface area (Å²) in [5.74, 6) is 0.233. The Morgan fingerprint density at radius 1 is 1.16 bits per heavy atom. The van der Waals surface area contributed by atoms with Crippen LogP contribution in [0.15, 0.2) is 35.9 Å². The predicted molar refractivity (Wildman–Crippen MR) is 129 cm³/mol. The van der Waals surface area contributed by atoms with E-state index in [9.17, 15) is 15.3 Å². The molecule has 3 rings (SSSR count). The number of phenolic OH excluding ortho intramolecular Hbond substituents is 2. The molecule has 0 saturated carbocycles. The number of unbranched alkanes of at least 4 members (excludes halogenated alkanes) is 1. The van der Waals surface area contributed by atoms with Crippen molar-refractivity contribution < 1.29 is 20.1 Å². The number of allylic oxidation sites excluding steroid dienone is 2. The number of hydrogen-bond donors (Lipinski definition) is 3. The number of aliphatic hydroxyl groups excluding tert-OH is 1. The van der Waals surface area contributed by atoms with Gasteiger partial charge in [0.2, 0.25) is 0 Å². The number of nitrogens with zero attached hydrogens (tertiary/aromatic N) is 1. The van der Waals surface area contributed by atoms with E-state index < -0.39 is 0 Å². The zero-order chi connectivity index (χ0) is 23.3. The molecule has 1 saturated heterocycles. The summed E-state index contributed by atoms with van der Waals surface area (Å²) in [5.41, 5.74) is 3.35. The monoisotopic (exact) mass is 443 g/mol. The van der Waals surface area contributed by atoms with E-state index in [4.69, 9.17) is 4.74 Å². The summed E-state index contributed by atoms with van der Waals surface area (Å²) in [6.07, 6.45) is 6.91. The molecule has 0 aromatic heterocycles. The van der Waals surface area contributed by atoms with Crippen LogP contribution in [0.4, 0.5) is 0 Å². The molecule has 5 nitrogen and oxygen atoms in total. The molecule has 1 aromatic rings. The summed E-state index contributed by atoms with van der Waals surface area (Å²) >= 11 is 0. The van der Waals surface area contributed by atoms with E-state index in [1.165, 1.54) is 0 Å². The average molecular weight is 444 g/mol. The summed E-state index contributed by atoms with van der Waals surface area (Å²) in [6, 6.07) is 3.65. The Morgan fingerprint density at radius 3 is 2.41 bits per heavy atom. The molecular formula is C27H41NO4. The molecular weight excluding hydrogens is 402 g/mol. The molecule has 1 fully saturated rings. The van der Waals surface area contributed by atoms with Crippen molar-refractivity contribution in [3.63, 3.8) is 0 Å². The summed E-state index contributed by atoms with van der Waals surface area (Å²) in [7, 11) is 0. The number of morpholine rings is 1. The fraction of sp³-hybridized carbons (Fsp3) is 0.630. The van der Waals surface area contributed by atoms with Crippen LogP contribution in [0, 0.1) is 5.92 Å². The van der Waals surface area contributed by atoms with Crippen LogP contribution < -0.4 is 0 Å². The second-order valence-corrected chi connectivity index (χ2v) is 10.2. The van der Waals surface area contributed by atoms with Crippen LogP contribution >= 0.6 is 0 Å². The highest BCUT2D eigenvalue weighted by Gasteiger charge is 2.32. The first-order chi connectivity index (χ1) is 15.2. The van der Waals surface area contributed by atoms with Crippen molar-refractivity contribution >= 4 is 0 Å². The molecule has 1 aliphatic carbocycles. The first-order valence-corrected chi connectivity index (χ1v) is 12.0. The third-order valence-corrected chi connectivity index (χ3v) is 7.34. The molecule has 3 N–H and O–H groups in total. The van der Waals surface area contributed by atoms with E-state index in [0.29, 0.717) is 5.56 Å². The lowest BCUT2D eigenvalue weighted by atomic mass is 9.72. The lowest BCUT2D eigenvalue weighted by Crippen LogP contribution is -2.36. The Morgan fingerprint density at radius 2 is 1.81 bits per heavy atom. The highest BCUT2D eigenvalue weighted by molar-refractivity contribution is 5.53. The Balaban J connectivity index is 1.72. The average Bonchev–Trinajstić information content (AvgIpc) is 2.76. The smallest absolute Gasteiger partial charge is 0.123 e. The highest BCUT2D eigenvalue weighted by Crippen LogP contribution is 2.47. The van der Waals surface area contributed by atoms with E-state index in [1.54, 1.807) is 0 Å². The third kappa shape index (κ3) is 5.94. The first kappa shape index (κ1) is 24.8. The molecule has 2 atom stereocenters. The van der Waals surface area contributed by atoms with Gasteiger partial charge in [-0.3, -0.25) is 4.90 Å². The largest absolute Gasteiger partial charge is 0.507 e. The van der Waals surface area contributed by atoms with Crippen molar-refractivity contribution in [3.05, 3.63) is 47.1 Å². The normalized spacial score (nSPS) is 22.6. The molecule has 2 unspecified atom stereocenters. The van der Waals surface area contributed by atoms with Crippen LogP contribution in [0.3, 0.4) is 0 Å². The van der Waals surface area contributed by atoms with Crippen molar-refractivity contribution in [1.82, 2.24) is 4.90 Å². The van der Waals surface area contributed by atoms with Crippen molar-refractivity contribution in [2.24, 2.45) is 5.92 Å². The fourth-order valence-electron chi connectivity index (χ4n) is 5.17. The van der Waals surface area contributed by atoms with E-state index in [1.807, 2.05) is 25.1 Å².